The van der Waals surface area contributed by atoms with Crippen LogP contribution in [0.4, 0.5) is 0 Å². The fourth-order valence-electron chi connectivity index (χ4n) is 3.93. The van der Waals surface area contributed by atoms with Crippen molar-refractivity contribution >= 4 is 11.8 Å². The first-order valence-corrected chi connectivity index (χ1v) is 10.7. The van der Waals surface area contributed by atoms with Crippen LogP contribution in [0.3, 0.4) is 0 Å². The standard InChI is InChI=1S/C27H23NO5/c1-16(2)25-23(32-15-18-5-9-20(10-6-18)27(30)31)12-11-21-22(29)13-24(33-26(21)25)19-7-3-17(14-28)4-8-19/h3-12,16,24H,13,15H2,1-2H3,(H,30,31). The molecule has 0 bridgehead atoms. The highest BCUT2D eigenvalue weighted by Gasteiger charge is 2.32. The molecule has 33 heavy (non-hydrogen) atoms. The summed E-state index contributed by atoms with van der Waals surface area (Å²) < 4.78 is 12.4. The van der Waals surface area contributed by atoms with E-state index in [0.717, 1.165) is 16.7 Å². The number of hydrogen-bond acceptors (Lipinski definition) is 5. The van der Waals surface area contributed by atoms with Crippen LogP contribution in [0.1, 0.15) is 75.3 Å². The van der Waals surface area contributed by atoms with Gasteiger partial charge in [0.25, 0.3) is 0 Å². The minimum Gasteiger partial charge on any atom is -0.488 e. The molecule has 0 saturated heterocycles. The Kier molecular flexibility index (Phi) is 6.14. The second kappa shape index (κ2) is 9.17. The third-order valence-corrected chi connectivity index (χ3v) is 5.67. The third-order valence-electron chi connectivity index (χ3n) is 5.67. The molecule has 0 fully saturated rings. The molecular weight excluding hydrogens is 418 g/mol. The predicted molar refractivity (Wildman–Crippen MR) is 122 cm³/mol. The maximum atomic E-state index is 12.9. The second-order valence-electron chi connectivity index (χ2n) is 8.27. The molecule has 1 N–H and O–H groups in total. The van der Waals surface area contributed by atoms with E-state index in [-0.39, 0.29) is 30.3 Å². The Morgan fingerprint density at radius 1 is 1.12 bits per heavy atom. The lowest BCUT2D eigenvalue weighted by Crippen LogP contribution is -2.22. The highest BCUT2D eigenvalue weighted by molar-refractivity contribution is 6.00. The molecule has 1 aliphatic heterocycles. The van der Waals surface area contributed by atoms with E-state index in [1.165, 1.54) is 0 Å². The fourth-order valence-corrected chi connectivity index (χ4v) is 3.93. The Labute approximate surface area is 192 Å². The lowest BCUT2D eigenvalue weighted by Gasteiger charge is -2.29. The summed E-state index contributed by atoms with van der Waals surface area (Å²) in [6.45, 7) is 4.29. The average Bonchev–Trinajstić information content (AvgIpc) is 2.82. The Hall–Kier alpha value is -4.11. The molecule has 1 atom stereocenters. The Morgan fingerprint density at radius 3 is 2.42 bits per heavy atom. The number of carboxylic acid groups (broad SMARTS) is 1. The number of ether oxygens (including phenoxy) is 2. The molecule has 166 valence electrons. The summed E-state index contributed by atoms with van der Waals surface area (Å²) in [5, 5.41) is 18.1. The van der Waals surface area contributed by atoms with Gasteiger partial charge in [0.15, 0.2) is 5.78 Å². The summed E-state index contributed by atoms with van der Waals surface area (Å²) in [6, 6.07) is 19.2. The van der Waals surface area contributed by atoms with Gasteiger partial charge in [-0.15, -0.1) is 0 Å². The monoisotopic (exact) mass is 441 g/mol. The zero-order valence-corrected chi connectivity index (χ0v) is 18.4. The molecule has 0 aromatic heterocycles. The van der Waals surface area contributed by atoms with E-state index in [2.05, 4.69) is 6.07 Å². The van der Waals surface area contributed by atoms with Crippen LogP contribution in [0.25, 0.3) is 0 Å². The van der Waals surface area contributed by atoms with Crippen LogP contribution in [0.2, 0.25) is 0 Å². The van der Waals surface area contributed by atoms with Crippen LogP contribution in [0.15, 0.2) is 60.7 Å². The number of carbonyl (C=O) groups is 2. The Bertz CT molecular complexity index is 1240. The van der Waals surface area contributed by atoms with Crippen molar-refractivity contribution in [3.8, 4) is 17.6 Å². The molecule has 3 aromatic carbocycles. The Morgan fingerprint density at radius 2 is 1.82 bits per heavy atom. The van der Waals surface area contributed by atoms with Gasteiger partial charge in [0.1, 0.15) is 24.2 Å². The second-order valence-corrected chi connectivity index (χ2v) is 8.27. The summed E-state index contributed by atoms with van der Waals surface area (Å²) in [5.74, 6) is 0.228. The van der Waals surface area contributed by atoms with Gasteiger partial charge in [0.2, 0.25) is 0 Å². The quantitative estimate of drug-likeness (QED) is 0.530. The zero-order valence-electron chi connectivity index (χ0n) is 18.4. The number of Topliss-reactive ketones (excluding diaryl/α,β-unsaturated/α-hetero) is 1. The van der Waals surface area contributed by atoms with E-state index in [1.807, 2.05) is 26.0 Å². The van der Waals surface area contributed by atoms with Crippen molar-refractivity contribution in [1.29, 1.82) is 5.26 Å². The van der Waals surface area contributed by atoms with E-state index in [4.69, 9.17) is 19.8 Å². The molecule has 4 rings (SSSR count). The van der Waals surface area contributed by atoms with Crippen molar-refractivity contribution in [3.05, 3.63) is 94.0 Å². The van der Waals surface area contributed by atoms with Gasteiger partial charge in [-0.2, -0.15) is 5.26 Å². The molecule has 1 heterocycles. The molecule has 3 aromatic rings. The Balaban J connectivity index is 1.62. The molecule has 0 radical (unpaired) electrons. The van der Waals surface area contributed by atoms with Crippen molar-refractivity contribution in [2.24, 2.45) is 0 Å². The molecular formula is C27H23NO5. The number of benzene rings is 3. The van der Waals surface area contributed by atoms with Crippen molar-refractivity contribution in [1.82, 2.24) is 0 Å². The van der Waals surface area contributed by atoms with E-state index in [1.54, 1.807) is 48.5 Å². The molecule has 0 spiro atoms. The highest BCUT2D eigenvalue weighted by Crippen LogP contribution is 2.44. The number of carboxylic acids is 1. The van der Waals surface area contributed by atoms with Gasteiger partial charge in [-0.25, -0.2) is 4.79 Å². The number of rotatable bonds is 6. The van der Waals surface area contributed by atoms with Gasteiger partial charge >= 0.3 is 5.97 Å². The first-order chi connectivity index (χ1) is 15.9. The molecule has 1 unspecified atom stereocenters. The summed E-state index contributed by atoms with van der Waals surface area (Å²) in [5.41, 5.74) is 3.81. The molecule has 0 saturated carbocycles. The minimum absolute atomic E-state index is 0.00307. The van der Waals surface area contributed by atoms with Crippen LogP contribution in [-0.4, -0.2) is 16.9 Å². The highest BCUT2D eigenvalue weighted by atomic mass is 16.5. The summed E-state index contributed by atoms with van der Waals surface area (Å²) in [6.07, 6.45) is -0.207. The predicted octanol–water partition coefficient (Wildman–Crippen LogP) is 5.67. The maximum absolute atomic E-state index is 12.9. The van der Waals surface area contributed by atoms with E-state index in [9.17, 15) is 9.59 Å². The number of ketones is 1. The molecule has 0 aliphatic carbocycles. The number of nitrogens with zero attached hydrogens (tertiary/aromatic N) is 1. The number of aromatic carboxylic acids is 1. The van der Waals surface area contributed by atoms with E-state index >= 15 is 0 Å². The first-order valence-electron chi connectivity index (χ1n) is 10.7. The summed E-state index contributed by atoms with van der Waals surface area (Å²) in [4.78, 5) is 24.0. The van der Waals surface area contributed by atoms with Crippen LogP contribution < -0.4 is 9.47 Å². The smallest absolute Gasteiger partial charge is 0.335 e. The van der Waals surface area contributed by atoms with Crippen molar-refractivity contribution in [2.45, 2.75) is 38.9 Å². The number of nitriles is 1. The van der Waals surface area contributed by atoms with Gasteiger partial charge < -0.3 is 14.6 Å². The van der Waals surface area contributed by atoms with Crippen LogP contribution >= 0.6 is 0 Å². The maximum Gasteiger partial charge on any atom is 0.335 e. The van der Waals surface area contributed by atoms with Crippen LogP contribution in [0.5, 0.6) is 11.5 Å². The van der Waals surface area contributed by atoms with Crippen molar-refractivity contribution < 1.29 is 24.2 Å². The van der Waals surface area contributed by atoms with Crippen molar-refractivity contribution in [2.75, 3.05) is 0 Å². The summed E-state index contributed by atoms with van der Waals surface area (Å²) in [7, 11) is 0. The van der Waals surface area contributed by atoms with Crippen molar-refractivity contribution in [3.63, 3.8) is 0 Å². The van der Waals surface area contributed by atoms with Gasteiger partial charge in [-0.05, 0) is 53.4 Å². The topological polar surface area (TPSA) is 96.6 Å². The van der Waals surface area contributed by atoms with E-state index < -0.39 is 12.1 Å². The SMILES string of the molecule is CC(C)c1c(OCc2ccc(C(=O)O)cc2)ccc2c1OC(c1ccc(C#N)cc1)CC2=O. The third kappa shape index (κ3) is 4.58. The number of carbonyl (C=O) groups excluding carboxylic acids is 1. The van der Waals surface area contributed by atoms with Gasteiger partial charge in [-0.1, -0.05) is 38.1 Å². The van der Waals surface area contributed by atoms with Gasteiger partial charge in [0, 0.05) is 5.56 Å². The normalized spacial score (nSPS) is 14.8. The van der Waals surface area contributed by atoms with Crippen LogP contribution in [-0.2, 0) is 6.61 Å². The number of hydrogen-bond donors (Lipinski definition) is 1. The summed E-state index contributed by atoms with van der Waals surface area (Å²) >= 11 is 0. The minimum atomic E-state index is -0.974. The fraction of sp³-hybridized carbons (Fsp3) is 0.222. The molecule has 6 nitrogen and oxygen atoms in total. The van der Waals surface area contributed by atoms with Crippen LogP contribution in [0, 0.1) is 11.3 Å². The van der Waals surface area contributed by atoms with Gasteiger partial charge in [-0.3, -0.25) is 4.79 Å². The lowest BCUT2D eigenvalue weighted by molar-refractivity contribution is 0.0696. The largest absolute Gasteiger partial charge is 0.488 e. The molecule has 1 aliphatic rings. The molecule has 0 amide bonds. The average molecular weight is 441 g/mol. The first kappa shape index (κ1) is 22.1. The zero-order chi connectivity index (χ0) is 23.5. The van der Waals surface area contributed by atoms with Gasteiger partial charge in [0.05, 0.1) is 29.2 Å². The molecule has 6 heteroatoms. The number of fused-ring (bicyclic) bond motifs is 1. The lowest BCUT2D eigenvalue weighted by atomic mass is 9.90. The van der Waals surface area contributed by atoms with E-state index in [0.29, 0.717) is 22.6 Å².